The number of carboxylic acids is 1. The second-order valence-electron chi connectivity index (χ2n) is 7.25. The van der Waals surface area contributed by atoms with Crippen molar-refractivity contribution in [2.75, 3.05) is 13.7 Å². The first-order chi connectivity index (χ1) is 11.1. The third-order valence-corrected chi connectivity index (χ3v) is 3.88. The lowest BCUT2D eigenvalue weighted by molar-refractivity contribution is -0.149. The van der Waals surface area contributed by atoms with Crippen molar-refractivity contribution in [3.63, 3.8) is 0 Å². The first kappa shape index (κ1) is 20.4. The van der Waals surface area contributed by atoms with Crippen molar-refractivity contribution < 1.29 is 29.0 Å². The Hall–Kier alpha value is -1.67. The van der Waals surface area contributed by atoms with Crippen LogP contribution in [0.25, 0.3) is 0 Å². The van der Waals surface area contributed by atoms with Gasteiger partial charge in [-0.2, -0.15) is 0 Å². The number of hydrogen-bond acceptors (Lipinski definition) is 6. The van der Waals surface area contributed by atoms with Gasteiger partial charge in [-0.1, -0.05) is 20.8 Å². The summed E-state index contributed by atoms with van der Waals surface area (Å²) in [6.45, 7) is 6.14. The lowest BCUT2D eigenvalue weighted by atomic mass is 9.86. The summed E-state index contributed by atoms with van der Waals surface area (Å²) in [5.74, 6) is -2.12. The molecule has 0 heterocycles. The number of rotatable bonds is 9. The fourth-order valence-electron chi connectivity index (χ4n) is 2.56. The maximum absolute atomic E-state index is 11.9. The minimum Gasteiger partial charge on any atom is -0.481 e. The van der Waals surface area contributed by atoms with Gasteiger partial charge in [0.15, 0.2) is 6.04 Å². The summed E-state index contributed by atoms with van der Waals surface area (Å²) in [6.07, 6.45) is 1.61. The number of ether oxygens (including phenoxy) is 2. The first-order valence-electron chi connectivity index (χ1n) is 8.03. The number of hydrogen-bond donors (Lipinski definition) is 3. The summed E-state index contributed by atoms with van der Waals surface area (Å²) < 4.78 is 10.6. The average Bonchev–Trinajstić information content (AvgIpc) is 3.27. The zero-order valence-corrected chi connectivity index (χ0v) is 14.7. The van der Waals surface area contributed by atoms with E-state index in [0.717, 1.165) is 12.8 Å². The van der Waals surface area contributed by atoms with E-state index in [2.05, 4.69) is 30.8 Å². The van der Waals surface area contributed by atoms with Gasteiger partial charge < -0.3 is 25.6 Å². The second-order valence-corrected chi connectivity index (χ2v) is 7.25. The highest BCUT2D eigenvalue weighted by Gasteiger charge is 2.40. The van der Waals surface area contributed by atoms with Gasteiger partial charge in [0.2, 0.25) is 5.91 Å². The van der Waals surface area contributed by atoms with Crippen LogP contribution in [0.1, 0.15) is 40.0 Å². The van der Waals surface area contributed by atoms with E-state index < -0.39 is 36.4 Å². The van der Waals surface area contributed by atoms with Crippen molar-refractivity contribution >= 4 is 17.8 Å². The van der Waals surface area contributed by atoms with Crippen molar-refractivity contribution in [1.29, 1.82) is 0 Å². The van der Waals surface area contributed by atoms with Gasteiger partial charge >= 0.3 is 11.9 Å². The minimum atomic E-state index is -1.24. The second kappa shape index (κ2) is 8.43. The first-order valence-corrected chi connectivity index (χ1v) is 8.03. The van der Waals surface area contributed by atoms with E-state index in [9.17, 15) is 14.4 Å². The van der Waals surface area contributed by atoms with Crippen LogP contribution in [0.4, 0.5) is 0 Å². The third kappa shape index (κ3) is 6.45. The number of carbonyl (C=O) groups excluding carboxylic acids is 2. The molecule has 8 nitrogen and oxygen atoms in total. The van der Waals surface area contributed by atoms with Crippen LogP contribution in [0.2, 0.25) is 0 Å². The standard InChI is InChI=1S/C16H28N2O6/c1-16(2,3)13(9-5-6-9)24-8-11(15(22)23-4)18-14(21)10(17)7-12(19)20/h9-11,13H,5-8,17H2,1-4H3,(H,18,21)(H,19,20)/t10-,11-,13?/m0/s1. The topological polar surface area (TPSA) is 128 Å². The molecule has 1 amide bonds. The van der Waals surface area contributed by atoms with E-state index in [1.165, 1.54) is 7.11 Å². The molecule has 0 aromatic carbocycles. The van der Waals surface area contributed by atoms with Gasteiger partial charge in [0.1, 0.15) is 0 Å². The number of carboxylic acid groups (broad SMARTS) is 1. The highest BCUT2D eigenvalue weighted by molar-refractivity contribution is 5.89. The van der Waals surface area contributed by atoms with Crippen molar-refractivity contribution in [3.05, 3.63) is 0 Å². The maximum atomic E-state index is 11.9. The zero-order valence-electron chi connectivity index (χ0n) is 14.7. The molecule has 1 fully saturated rings. The Morgan fingerprint density at radius 3 is 2.29 bits per heavy atom. The SMILES string of the molecule is COC(=O)[C@H](COC(C1CC1)C(C)(C)C)NC(=O)[C@@H](N)CC(=O)O. The molecule has 1 aliphatic carbocycles. The molecule has 0 aromatic rings. The van der Waals surface area contributed by atoms with E-state index in [-0.39, 0.29) is 18.1 Å². The summed E-state index contributed by atoms with van der Waals surface area (Å²) in [6, 6.07) is -2.26. The summed E-state index contributed by atoms with van der Waals surface area (Å²) >= 11 is 0. The van der Waals surface area contributed by atoms with Crippen LogP contribution < -0.4 is 11.1 Å². The van der Waals surface area contributed by atoms with Crippen molar-refractivity contribution in [3.8, 4) is 0 Å². The van der Waals surface area contributed by atoms with E-state index >= 15 is 0 Å². The summed E-state index contributed by atoms with van der Waals surface area (Å²) in [5.41, 5.74) is 5.41. The van der Waals surface area contributed by atoms with E-state index in [1.807, 2.05) is 0 Å². The molecule has 0 aromatic heterocycles. The number of nitrogens with two attached hydrogens (primary N) is 1. The molecule has 0 radical (unpaired) electrons. The largest absolute Gasteiger partial charge is 0.481 e. The van der Waals surface area contributed by atoms with E-state index in [1.54, 1.807) is 0 Å². The van der Waals surface area contributed by atoms with Gasteiger partial charge in [0, 0.05) is 0 Å². The lowest BCUT2D eigenvalue weighted by Gasteiger charge is -2.32. The number of amides is 1. The van der Waals surface area contributed by atoms with Crippen LogP contribution in [-0.2, 0) is 23.9 Å². The van der Waals surface area contributed by atoms with Crippen LogP contribution in [0.3, 0.4) is 0 Å². The highest BCUT2D eigenvalue weighted by Crippen LogP contribution is 2.42. The molecule has 1 aliphatic rings. The molecule has 138 valence electrons. The number of methoxy groups -OCH3 is 1. The van der Waals surface area contributed by atoms with Crippen molar-refractivity contribution in [2.24, 2.45) is 17.1 Å². The molecule has 3 atom stereocenters. The molecule has 0 spiro atoms. The van der Waals surface area contributed by atoms with Gasteiger partial charge in [-0.15, -0.1) is 0 Å². The summed E-state index contributed by atoms with van der Waals surface area (Å²) in [4.78, 5) is 34.4. The normalized spacial score (nSPS) is 18.4. The minimum absolute atomic E-state index is 0.0331. The molecule has 24 heavy (non-hydrogen) atoms. The molecule has 0 bridgehead atoms. The smallest absolute Gasteiger partial charge is 0.330 e. The van der Waals surface area contributed by atoms with Gasteiger partial charge in [-0.3, -0.25) is 9.59 Å². The fourth-order valence-corrected chi connectivity index (χ4v) is 2.56. The van der Waals surface area contributed by atoms with E-state index in [0.29, 0.717) is 5.92 Å². The Morgan fingerprint density at radius 2 is 1.88 bits per heavy atom. The van der Waals surface area contributed by atoms with Crippen molar-refractivity contribution in [2.45, 2.75) is 58.2 Å². The summed E-state index contributed by atoms with van der Waals surface area (Å²) in [5, 5.41) is 11.1. The van der Waals surface area contributed by atoms with Gasteiger partial charge in [0.05, 0.1) is 32.3 Å². The molecule has 8 heteroatoms. The van der Waals surface area contributed by atoms with Crippen molar-refractivity contribution in [1.82, 2.24) is 5.32 Å². The number of carbonyl (C=O) groups is 3. The number of aliphatic carboxylic acids is 1. The Labute approximate surface area is 142 Å². The predicted octanol–water partition coefficient (Wildman–Crippen LogP) is 0.288. The zero-order chi connectivity index (χ0) is 18.5. The molecule has 0 aliphatic heterocycles. The molecular weight excluding hydrogens is 316 g/mol. The Balaban J connectivity index is 2.66. The molecular formula is C16H28N2O6. The fraction of sp³-hybridized carbons (Fsp3) is 0.812. The number of esters is 1. The predicted molar refractivity (Wildman–Crippen MR) is 86.1 cm³/mol. The van der Waals surface area contributed by atoms with Crippen LogP contribution in [0.15, 0.2) is 0 Å². The molecule has 1 rings (SSSR count). The number of nitrogens with one attached hydrogen (secondary N) is 1. The monoisotopic (exact) mass is 344 g/mol. The molecule has 1 unspecified atom stereocenters. The quantitative estimate of drug-likeness (QED) is 0.513. The Morgan fingerprint density at radius 1 is 1.29 bits per heavy atom. The van der Waals surface area contributed by atoms with Gasteiger partial charge in [-0.25, -0.2) is 4.79 Å². The van der Waals surface area contributed by atoms with Gasteiger partial charge in [-0.05, 0) is 24.2 Å². The third-order valence-electron chi connectivity index (χ3n) is 3.88. The Bertz CT molecular complexity index is 470. The molecule has 1 saturated carbocycles. The van der Waals surface area contributed by atoms with Crippen LogP contribution in [0.5, 0.6) is 0 Å². The van der Waals surface area contributed by atoms with Gasteiger partial charge in [0.25, 0.3) is 0 Å². The molecule has 0 saturated heterocycles. The van der Waals surface area contributed by atoms with Crippen LogP contribution in [0, 0.1) is 11.3 Å². The highest BCUT2D eigenvalue weighted by atomic mass is 16.5. The Kier molecular flexibility index (Phi) is 7.16. The summed E-state index contributed by atoms with van der Waals surface area (Å²) in [7, 11) is 1.21. The van der Waals surface area contributed by atoms with E-state index in [4.69, 9.17) is 15.6 Å². The average molecular weight is 344 g/mol. The van der Waals surface area contributed by atoms with Crippen LogP contribution in [-0.4, -0.2) is 54.9 Å². The van der Waals surface area contributed by atoms with Crippen LogP contribution >= 0.6 is 0 Å². The maximum Gasteiger partial charge on any atom is 0.330 e. The molecule has 4 N–H and O–H groups in total. The lowest BCUT2D eigenvalue weighted by Crippen LogP contribution is -2.52.